The predicted molar refractivity (Wildman–Crippen MR) is 84.9 cm³/mol. The number of hydrogen-bond acceptors (Lipinski definition) is 4. The van der Waals surface area contributed by atoms with Crippen LogP contribution in [0.2, 0.25) is 0 Å². The summed E-state index contributed by atoms with van der Waals surface area (Å²) in [5.74, 6) is 0.196. The number of nitrogens with zero attached hydrogens (tertiary/aromatic N) is 3. The van der Waals surface area contributed by atoms with Gasteiger partial charge >= 0.3 is 6.03 Å². The number of aromatic amines is 1. The molecule has 116 valence electrons. The van der Waals surface area contributed by atoms with Crippen LogP contribution in [0.4, 0.5) is 16.4 Å². The fourth-order valence-electron chi connectivity index (χ4n) is 2.73. The van der Waals surface area contributed by atoms with E-state index in [1.807, 2.05) is 24.3 Å². The molecule has 23 heavy (non-hydrogen) atoms. The Balaban J connectivity index is 1.76. The van der Waals surface area contributed by atoms with Gasteiger partial charge in [0.1, 0.15) is 0 Å². The third-order valence-corrected chi connectivity index (χ3v) is 3.85. The first-order valence-corrected chi connectivity index (χ1v) is 7.15. The lowest BCUT2D eigenvalue weighted by molar-refractivity contribution is 0.0455. The standard InChI is InChI=1S/C16H14N4O3/c21-13-14(22)20(15-17-11-8-4-5-9-12(11)18-15)16(23)19(13)10-6-2-1-3-7-10/h1-9,13-14,21-22H,(H,17,18). The third kappa shape index (κ3) is 2.06. The maximum absolute atomic E-state index is 12.7. The molecule has 1 aromatic heterocycles. The average molecular weight is 310 g/mol. The highest BCUT2D eigenvalue weighted by atomic mass is 16.4. The first-order valence-electron chi connectivity index (χ1n) is 7.15. The van der Waals surface area contributed by atoms with Crippen molar-refractivity contribution in [1.29, 1.82) is 0 Å². The van der Waals surface area contributed by atoms with Crippen LogP contribution in [0.3, 0.4) is 0 Å². The van der Waals surface area contributed by atoms with Gasteiger partial charge in [-0.2, -0.15) is 0 Å². The molecular formula is C16H14N4O3. The summed E-state index contributed by atoms with van der Waals surface area (Å²) in [7, 11) is 0. The number of nitrogens with one attached hydrogen (secondary N) is 1. The van der Waals surface area contributed by atoms with Crippen LogP contribution in [0.5, 0.6) is 0 Å². The third-order valence-electron chi connectivity index (χ3n) is 3.85. The molecular weight excluding hydrogens is 296 g/mol. The van der Waals surface area contributed by atoms with Gasteiger partial charge in [0, 0.05) is 5.69 Å². The first-order chi connectivity index (χ1) is 11.2. The van der Waals surface area contributed by atoms with Crippen molar-refractivity contribution in [3.05, 3.63) is 54.6 Å². The molecule has 0 saturated carbocycles. The van der Waals surface area contributed by atoms with E-state index >= 15 is 0 Å². The largest absolute Gasteiger partial charge is 0.369 e. The van der Waals surface area contributed by atoms with Crippen LogP contribution in [-0.4, -0.2) is 38.7 Å². The van der Waals surface area contributed by atoms with Crippen molar-refractivity contribution in [3.8, 4) is 0 Å². The van der Waals surface area contributed by atoms with Crippen LogP contribution in [0.25, 0.3) is 11.0 Å². The van der Waals surface area contributed by atoms with Crippen molar-refractivity contribution in [2.24, 2.45) is 0 Å². The van der Waals surface area contributed by atoms with E-state index in [0.29, 0.717) is 11.2 Å². The Morgan fingerprint density at radius 2 is 1.57 bits per heavy atom. The number of H-pyrrole nitrogens is 1. The summed E-state index contributed by atoms with van der Waals surface area (Å²) in [6, 6.07) is 15.5. The summed E-state index contributed by atoms with van der Waals surface area (Å²) < 4.78 is 0. The molecule has 3 aromatic rings. The van der Waals surface area contributed by atoms with Crippen molar-refractivity contribution in [3.63, 3.8) is 0 Å². The number of benzene rings is 2. The van der Waals surface area contributed by atoms with Gasteiger partial charge in [0.2, 0.25) is 5.95 Å². The zero-order valence-electron chi connectivity index (χ0n) is 12.0. The maximum atomic E-state index is 12.7. The molecule has 2 atom stereocenters. The number of hydrogen-bond donors (Lipinski definition) is 3. The van der Waals surface area contributed by atoms with Gasteiger partial charge < -0.3 is 15.2 Å². The van der Waals surface area contributed by atoms with Gasteiger partial charge in [-0.3, -0.25) is 4.90 Å². The van der Waals surface area contributed by atoms with Crippen LogP contribution in [0.15, 0.2) is 54.6 Å². The highest BCUT2D eigenvalue weighted by Crippen LogP contribution is 2.30. The molecule has 1 aliphatic rings. The fourth-order valence-corrected chi connectivity index (χ4v) is 2.73. The first kappa shape index (κ1) is 13.7. The quantitative estimate of drug-likeness (QED) is 0.671. The highest BCUT2D eigenvalue weighted by Gasteiger charge is 2.47. The lowest BCUT2D eigenvalue weighted by atomic mass is 10.3. The Labute approximate surface area is 131 Å². The number of rotatable bonds is 2. The predicted octanol–water partition coefficient (Wildman–Crippen LogP) is 1.65. The van der Waals surface area contributed by atoms with Gasteiger partial charge in [-0.1, -0.05) is 30.3 Å². The number of urea groups is 1. The topological polar surface area (TPSA) is 92.7 Å². The summed E-state index contributed by atoms with van der Waals surface area (Å²) >= 11 is 0. The number of aliphatic hydroxyl groups excluding tert-OH is 2. The molecule has 1 saturated heterocycles. The number of aliphatic hydroxyl groups is 2. The van der Waals surface area contributed by atoms with E-state index in [9.17, 15) is 15.0 Å². The maximum Gasteiger partial charge on any atom is 0.335 e. The molecule has 4 rings (SSSR count). The summed E-state index contributed by atoms with van der Waals surface area (Å²) in [4.78, 5) is 22.2. The van der Waals surface area contributed by atoms with Crippen molar-refractivity contribution >= 4 is 28.7 Å². The Morgan fingerprint density at radius 3 is 2.30 bits per heavy atom. The van der Waals surface area contributed by atoms with E-state index in [4.69, 9.17) is 0 Å². The molecule has 1 aliphatic heterocycles. The number of para-hydroxylation sites is 3. The zero-order chi connectivity index (χ0) is 16.0. The number of anilines is 2. The average Bonchev–Trinajstić information content (AvgIpc) is 3.07. The Morgan fingerprint density at radius 1 is 0.913 bits per heavy atom. The summed E-state index contributed by atoms with van der Waals surface area (Å²) in [6.07, 6.45) is -2.79. The molecule has 3 N–H and O–H groups in total. The molecule has 2 amide bonds. The number of aromatic nitrogens is 2. The minimum absolute atomic E-state index is 0.196. The van der Waals surface area contributed by atoms with Gasteiger partial charge in [-0.05, 0) is 24.3 Å². The van der Waals surface area contributed by atoms with E-state index in [2.05, 4.69) is 9.97 Å². The number of amides is 2. The van der Waals surface area contributed by atoms with E-state index in [1.165, 1.54) is 0 Å². The van der Waals surface area contributed by atoms with Gasteiger partial charge in [0.05, 0.1) is 11.0 Å². The molecule has 0 radical (unpaired) electrons. The molecule has 7 nitrogen and oxygen atoms in total. The van der Waals surface area contributed by atoms with E-state index < -0.39 is 18.5 Å². The van der Waals surface area contributed by atoms with Crippen molar-refractivity contribution in [1.82, 2.24) is 9.97 Å². The fraction of sp³-hybridized carbons (Fsp3) is 0.125. The SMILES string of the molecule is O=C1N(c2ccccc2)C(O)C(O)N1c1nc2ccccc2[nH]1. The van der Waals surface area contributed by atoms with E-state index in [1.54, 1.807) is 30.3 Å². The molecule has 2 unspecified atom stereocenters. The molecule has 0 bridgehead atoms. The van der Waals surface area contributed by atoms with Crippen LogP contribution >= 0.6 is 0 Å². The number of carbonyl (C=O) groups excluding carboxylic acids is 1. The van der Waals surface area contributed by atoms with Crippen LogP contribution < -0.4 is 9.80 Å². The second-order valence-electron chi connectivity index (χ2n) is 5.26. The van der Waals surface area contributed by atoms with Crippen molar-refractivity contribution < 1.29 is 15.0 Å². The van der Waals surface area contributed by atoms with Crippen LogP contribution in [0.1, 0.15) is 0 Å². The van der Waals surface area contributed by atoms with Crippen LogP contribution in [-0.2, 0) is 0 Å². The summed E-state index contributed by atoms with van der Waals surface area (Å²) in [5, 5.41) is 20.6. The summed E-state index contributed by atoms with van der Waals surface area (Å²) in [5.41, 5.74) is 1.92. The number of carbonyl (C=O) groups is 1. The Hall–Kier alpha value is -2.90. The van der Waals surface area contributed by atoms with Gasteiger partial charge in [-0.25, -0.2) is 14.7 Å². The van der Waals surface area contributed by atoms with E-state index in [0.717, 1.165) is 15.3 Å². The van der Waals surface area contributed by atoms with Gasteiger partial charge in [-0.15, -0.1) is 0 Å². The summed E-state index contributed by atoms with van der Waals surface area (Å²) in [6.45, 7) is 0. The van der Waals surface area contributed by atoms with Gasteiger partial charge in [0.15, 0.2) is 12.5 Å². The van der Waals surface area contributed by atoms with Crippen molar-refractivity contribution in [2.75, 3.05) is 9.80 Å². The lowest BCUT2D eigenvalue weighted by Crippen LogP contribution is -2.37. The molecule has 1 fully saturated rings. The second-order valence-corrected chi connectivity index (χ2v) is 5.26. The molecule has 0 spiro atoms. The molecule has 0 aliphatic carbocycles. The normalized spacial score (nSPS) is 21.4. The zero-order valence-corrected chi connectivity index (χ0v) is 12.0. The van der Waals surface area contributed by atoms with E-state index in [-0.39, 0.29) is 5.95 Å². The molecule has 2 aromatic carbocycles. The highest BCUT2D eigenvalue weighted by molar-refractivity contribution is 6.06. The minimum atomic E-state index is -1.41. The molecule has 7 heteroatoms. The second kappa shape index (κ2) is 5.08. The number of fused-ring (bicyclic) bond motifs is 1. The minimum Gasteiger partial charge on any atom is -0.369 e. The monoisotopic (exact) mass is 310 g/mol. The van der Waals surface area contributed by atoms with Crippen molar-refractivity contribution in [2.45, 2.75) is 12.5 Å². The Bertz CT molecular complexity index is 831. The van der Waals surface area contributed by atoms with Crippen LogP contribution in [0, 0.1) is 0 Å². The number of imidazole rings is 1. The smallest absolute Gasteiger partial charge is 0.335 e. The Kier molecular flexibility index (Phi) is 3.03. The molecule has 2 heterocycles. The van der Waals surface area contributed by atoms with Gasteiger partial charge in [0.25, 0.3) is 0 Å². The lowest BCUT2D eigenvalue weighted by Gasteiger charge is -2.18.